The number of nitrogens with zero attached hydrogens (tertiary/aromatic N) is 3. The summed E-state index contributed by atoms with van der Waals surface area (Å²) in [6.07, 6.45) is 6.45. The number of carbonyl (C=O) groups is 3. The van der Waals surface area contributed by atoms with E-state index in [1.54, 1.807) is 12.1 Å². The summed E-state index contributed by atoms with van der Waals surface area (Å²) in [4.78, 5) is 53.5. The third-order valence-electron chi connectivity index (χ3n) is 8.34. The van der Waals surface area contributed by atoms with Gasteiger partial charge >= 0.3 is 0 Å². The van der Waals surface area contributed by atoms with Gasteiger partial charge in [0.15, 0.2) is 0 Å². The summed E-state index contributed by atoms with van der Waals surface area (Å²) in [5, 5.41) is 17.0. The normalized spacial score (nSPS) is 21.3. The van der Waals surface area contributed by atoms with Gasteiger partial charge in [0, 0.05) is 67.4 Å². The molecule has 2 aromatic rings. The van der Waals surface area contributed by atoms with Gasteiger partial charge < -0.3 is 26.2 Å². The molecule has 1 saturated heterocycles. The van der Waals surface area contributed by atoms with Crippen molar-refractivity contribution in [1.82, 2.24) is 10.2 Å². The third kappa shape index (κ3) is 6.25. The number of hydrogen-bond acceptors (Lipinski definition) is 7. The molecule has 0 unspecified atom stereocenters. The van der Waals surface area contributed by atoms with Gasteiger partial charge in [-0.2, -0.15) is 0 Å². The van der Waals surface area contributed by atoms with Gasteiger partial charge in [0.25, 0.3) is 17.5 Å². The molecule has 1 aliphatic heterocycles. The number of nitrogens with two attached hydrogens (primary N) is 1. The lowest BCUT2D eigenvalue weighted by atomic mass is 9.84. The number of amides is 3. The van der Waals surface area contributed by atoms with Crippen molar-refractivity contribution in [2.75, 3.05) is 36.4 Å². The molecular formula is C29H36N6O5. The predicted molar refractivity (Wildman–Crippen MR) is 151 cm³/mol. The molecule has 0 spiro atoms. The van der Waals surface area contributed by atoms with Crippen molar-refractivity contribution in [3.8, 4) is 0 Å². The molecule has 1 heterocycles. The Morgan fingerprint density at radius 3 is 2.10 bits per heavy atom. The van der Waals surface area contributed by atoms with Crippen LogP contribution in [0.5, 0.6) is 0 Å². The van der Waals surface area contributed by atoms with Crippen molar-refractivity contribution in [1.29, 1.82) is 0 Å². The predicted octanol–water partition coefficient (Wildman–Crippen LogP) is 3.30. The van der Waals surface area contributed by atoms with E-state index in [-0.39, 0.29) is 41.1 Å². The largest absolute Gasteiger partial charge is 0.366 e. The van der Waals surface area contributed by atoms with Crippen LogP contribution in [-0.4, -0.2) is 65.8 Å². The zero-order valence-corrected chi connectivity index (χ0v) is 22.5. The number of nitrogens with one attached hydrogen (secondary N) is 2. The Morgan fingerprint density at radius 2 is 1.50 bits per heavy atom. The van der Waals surface area contributed by atoms with E-state index in [2.05, 4.69) is 15.5 Å². The Balaban J connectivity index is 1.33. The minimum Gasteiger partial charge on any atom is -0.366 e. The molecule has 11 heteroatoms. The van der Waals surface area contributed by atoms with E-state index in [1.807, 2.05) is 11.0 Å². The maximum absolute atomic E-state index is 13.2. The molecule has 0 bridgehead atoms. The van der Waals surface area contributed by atoms with Crippen molar-refractivity contribution < 1.29 is 19.3 Å². The van der Waals surface area contributed by atoms with Crippen LogP contribution in [0.15, 0.2) is 42.5 Å². The first kappa shape index (κ1) is 27.6. The Bertz CT molecular complexity index is 1260. The molecule has 0 aromatic heterocycles. The number of carbonyl (C=O) groups excluding carboxylic acids is 3. The Morgan fingerprint density at radius 1 is 0.850 bits per heavy atom. The van der Waals surface area contributed by atoms with Gasteiger partial charge in [-0.05, 0) is 68.9 Å². The second-order valence-corrected chi connectivity index (χ2v) is 11.0. The van der Waals surface area contributed by atoms with Gasteiger partial charge in [0.05, 0.1) is 16.3 Å². The minimum atomic E-state index is -0.517. The number of nitro groups is 1. The Labute approximate surface area is 233 Å². The van der Waals surface area contributed by atoms with Crippen LogP contribution < -0.4 is 21.3 Å². The van der Waals surface area contributed by atoms with Crippen molar-refractivity contribution >= 4 is 34.8 Å². The zero-order valence-electron chi connectivity index (χ0n) is 22.5. The molecule has 0 atom stereocenters. The molecule has 0 radical (unpaired) electrons. The van der Waals surface area contributed by atoms with E-state index in [0.29, 0.717) is 37.4 Å². The van der Waals surface area contributed by atoms with Crippen molar-refractivity contribution in [3.63, 3.8) is 0 Å². The summed E-state index contributed by atoms with van der Waals surface area (Å²) in [6.45, 7) is 2.40. The summed E-state index contributed by atoms with van der Waals surface area (Å²) < 4.78 is 0. The SMILES string of the molecule is NC1CCC(NC(=O)c2ccc(N3CCN(C(=O)C4CCC4)CC3)c(NC(=O)c3ccc([N+](=O)[O-])cc3)c2)CC1. The fraction of sp³-hybridized carbons (Fsp3) is 0.483. The highest BCUT2D eigenvalue weighted by molar-refractivity contribution is 6.07. The first-order chi connectivity index (χ1) is 19.3. The molecule has 2 aliphatic carbocycles. The summed E-state index contributed by atoms with van der Waals surface area (Å²) in [5.74, 6) is -0.267. The van der Waals surface area contributed by atoms with Crippen LogP contribution in [-0.2, 0) is 4.79 Å². The van der Waals surface area contributed by atoms with Gasteiger partial charge in [-0.15, -0.1) is 0 Å². The summed E-state index contributed by atoms with van der Waals surface area (Å²) in [7, 11) is 0. The average Bonchev–Trinajstić information content (AvgIpc) is 2.93. The van der Waals surface area contributed by atoms with E-state index < -0.39 is 10.8 Å². The van der Waals surface area contributed by atoms with E-state index in [9.17, 15) is 24.5 Å². The van der Waals surface area contributed by atoms with Gasteiger partial charge in [-0.1, -0.05) is 6.42 Å². The number of benzene rings is 2. The fourth-order valence-electron chi connectivity index (χ4n) is 5.60. The number of piperazine rings is 1. The highest BCUT2D eigenvalue weighted by atomic mass is 16.6. The van der Waals surface area contributed by atoms with Crippen LogP contribution in [0.4, 0.5) is 17.1 Å². The fourth-order valence-corrected chi connectivity index (χ4v) is 5.60. The van der Waals surface area contributed by atoms with Gasteiger partial charge in [-0.3, -0.25) is 24.5 Å². The van der Waals surface area contributed by atoms with E-state index >= 15 is 0 Å². The lowest BCUT2D eigenvalue weighted by Gasteiger charge is -2.39. The minimum absolute atomic E-state index is 0.0615. The highest BCUT2D eigenvalue weighted by Gasteiger charge is 2.32. The first-order valence-corrected chi connectivity index (χ1v) is 14.1. The Kier molecular flexibility index (Phi) is 8.29. The molecule has 2 aromatic carbocycles. The topological polar surface area (TPSA) is 151 Å². The monoisotopic (exact) mass is 548 g/mol. The van der Waals surface area contributed by atoms with Crippen molar-refractivity contribution in [2.45, 2.75) is 57.0 Å². The molecule has 3 fully saturated rings. The quantitative estimate of drug-likeness (QED) is 0.355. The maximum Gasteiger partial charge on any atom is 0.269 e. The number of non-ortho nitro benzene ring substituents is 1. The second-order valence-electron chi connectivity index (χ2n) is 11.0. The Hall–Kier alpha value is -3.99. The molecule has 3 amide bonds. The van der Waals surface area contributed by atoms with Crippen LogP contribution in [0.2, 0.25) is 0 Å². The standard InChI is InChI=1S/C29H36N6O5/c30-22-7-9-23(10-8-22)31-28(37)21-6-13-26(33-14-16-34(17-15-33)29(38)20-2-1-3-20)25(18-21)32-27(36)19-4-11-24(12-5-19)35(39)40/h4-6,11-13,18,20,22-23H,1-3,7-10,14-17,30H2,(H,31,37)(H,32,36). The molecule has 3 aliphatic rings. The second kappa shape index (κ2) is 12.0. The molecular weight excluding hydrogens is 512 g/mol. The van der Waals surface area contributed by atoms with Crippen LogP contribution >= 0.6 is 0 Å². The van der Waals surface area contributed by atoms with Crippen LogP contribution in [0, 0.1) is 16.0 Å². The average molecular weight is 549 g/mol. The van der Waals surface area contributed by atoms with Gasteiger partial charge in [0.1, 0.15) is 0 Å². The summed E-state index contributed by atoms with van der Waals surface area (Å²) in [5.41, 5.74) is 7.82. The highest BCUT2D eigenvalue weighted by Crippen LogP contribution is 2.32. The van der Waals surface area contributed by atoms with Gasteiger partial charge in [-0.25, -0.2) is 0 Å². The first-order valence-electron chi connectivity index (χ1n) is 14.1. The number of nitro benzene ring substituents is 1. The molecule has 11 nitrogen and oxygen atoms in total. The summed E-state index contributed by atoms with van der Waals surface area (Å²) in [6, 6.07) is 10.9. The van der Waals surface area contributed by atoms with Crippen LogP contribution in [0.3, 0.4) is 0 Å². The molecule has 5 rings (SSSR count). The number of anilines is 2. The van der Waals surface area contributed by atoms with Crippen molar-refractivity contribution in [3.05, 3.63) is 63.7 Å². The van der Waals surface area contributed by atoms with Crippen LogP contribution in [0.1, 0.15) is 65.7 Å². The molecule has 4 N–H and O–H groups in total. The van der Waals surface area contributed by atoms with Crippen LogP contribution in [0.25, 0.3) is 0 Å². The molecule has 40 heavy (non-hydrogen) atoms. The van der Waals surface area contributed by atoms with E-state index in [1.165, 1.54) is 24.3 Å². The maximum atomic E-state index is 13.2. The summed E-state index contributed by atoms with van der Waals surface area (Å²) >= 11 is 0. The molecule has 212 valence electrons. The molecule has 2 saturated carbocycles. The van der Waals surface area contributed by atoms with Gasteiger partial charge in [0.2, 0.25) is 5.91 Å². The van der Waals surface area contributed by atoms with Crippen molar-refractivity contribution in [2.24, 2.45) is 11.7 Å². The van der Waals surface area contributed by atoms with E-state index in [0.717, 1.165) is 50.6 Å². The number of hydrogen-bond donors (Lipinski definition) is 3. The zero-order chi connectivity index (χ0) is 28.2. The lowest BCUT2D eigenvalue weighted by molar-refractivity contribution is -0.384. The lowest BCUT2D eigenvalue weighted by Crippen LogP contribution is -2.51. The third-order valence-corrected chi connectivity index (χ3v) is 8.34. The number of rotatable bonds is 7. The smallest absolute Gasteiger partial charge is 0.269 e. The van der Waals surface area contributed by atoms with E-state index in [4.69, 9.17) is 5.73 Å².